The van der Waals surface area contributed by atoms with Crippen molar-refractivity contribution in [1.29, 1.82) is 0 Å². The Balaban J connectivity index is 1.13. The van der Waals surface area contributed by atoms with Gasteiger partial charge in [0.05, 0.1) is 24.5 Å². The van der Waals surface area contributed by atoms with E-state index in [1.165, 1.54) is 4.90 Å². The van der Waals surface area contributed by atoms with Crippen molar-refractivity contribution >= 4 is 52.7 Å². The summed E-state index contributed by atoms with van der Waals surface area (Å²) in [5, 5.41) is 9.10. The molecule has 6 rings (SSSR count). The zero-order chi connectivity index (χ0) is 42.5. The minimum atomic E-state index is -0.798. The van der Waals surface area contributed by atoms with Crippen LogP contribution >= 0.6 is 0 Å². The summed E-state index contributed by atoms with van der Waals surface area (Å²) in [5.74, 6) is -1.48. The van der Waals surface area contributed by atoms with Crippen LogP contribution in [0.2, 0.25) is 0 Å². The van der Waals surface area contributed by atoms with Gasteiger partial charge in [-0.2, -0.15) is 4.98 Å². The molecule has 0 bridgehead atoms. The molecule has 14 nitrogen and oxygen atoms in total. The van der Waals surface area contributed by atoms with Crippen LogP contribution in [0.25, 0.3) is 0 Å². The second-order valence-corrected chi connectivity index (χ2v) is 16.3. The van der Waals surface area contributed by atoms with Crippen LogP contribution in [0.3, 0.4) is 0 Å². The lowest BCUT2D eigenvalue weighted by Gasteiger charge is -2.35. The average Bonchev–Trinajstić information content (AvgIpc) is 3.72. The monoisotopic (exact) mass is 801 g/mol. The SMILES string of the molecule is Cc1ccc(Nc2ncc3c(n2)N(C)C(=O)N(c2cc(C(=O)C[C@H](C(=O)N4CCC[C@@H]4C(=O)N[C@H](C(=O)N[C@H](C)c4ccccc4)C(C)C)C(C)C)ccc2C)C3)cn1. The van der Waals surface area contributed by atoms with Gasteiger partial charge in [-0.1, -0.05) is 70.2 Å². The van der Waals surface area contributed by atoms with Crippen molar-refractivity contribution in [3.05, 3.63) is 101 Å². The minimum Gasteiger partial charge on any atom is -0.348 e. The smallest absolute Gasteiger partial charge is 0.330 e. The van der Waals surface area contributed by atoms with Crippen LogP contribution in [0.1, 0.15) is 92.7 Å². The van der Waals surface area contributed by atoms with Gasteiger partial charge in [0, 0.05) is 54.6 Å². The molecule has 310 valence electrons. The molecular formula is C45H55N9O5. The van der Waals surface area contributed by atoms with E-state index in [-0.39, 0.29) is 60.4 Å². The van der Waals surface area contributed by atoms with Gasteiger partial charge in [0.1, 0.15) is 17.9 Å². The Labute approximate surface area is 346 Å². The number of amides is 5. The van der Waals surface area contributed by atoms with Crippen LogP contribution in [0.5, 0.6) is 0 Å². The molecule has 0 spiro atoms. The first kappa shape index (κ1) is 42.4. The van der Waals surface area contributed by atoms with E-state index in [1.807, 2.05) is 90.9 Å². The first-order valence-corrected chi connectivity index (χ1v) is 20.3. The summed E-state index contributed by atoms with van der Waals surface area (Å²) < 4.78 is 0. The average molecular weight is 802 g/mol. The Morgan fingerprint density at radius 3 is 2.31 bits per heavy atom. The predicted molar refractivity (Wildman–Crippen MR) is 227 cm³/mol. The second-order valence-electron chi connectivity index (χ2n) is 16.3. The zero-order valence-electron chi connectivity index (χ0n) is 35.2. The Bertz CT molecular complexity index is 2190. The number of benzene rings is 2. The fourth-order valence-corrected chi connectivity index (χ4v) is 7.66. The van der Waals surface area contributed by atoms with Gasteiger partial charge in [-0.25, -0.2) is 9.78 Å². The lowest BCUT2D eigenvalue weighted by molar-refractivity contribution is -0.143. The molecule has 0 aliphatic carbocycles. The molecule has 59 heavy (non-hydrogen) atoms. The molecule has 0 unspecified atom stereocenters. The topological polar surface area (TPSA) is 170 Å². The quantitative estimate of drug-likeness (QED) is 0.118. The van der Waals surface area contributed by atoms with Crippen molar-refractivity contribution in [2.24, 2.45) is 17.8 Å². The highest BCUT2D eigenvalue weighted by atomic mass is 16.2. The molecule has 5 amide bonds. The van der Waals surface area contributed by atoms with Crippen molar-refractivity contribution in [2.45, 2.75) is 92.4 Å². The minimum absolute atomic E-state index is 0.0744. The number of nitrogens with one attached hydrogen (secondary N) is 3. The van der Waals surface area contributed by atoms with Crippen LogP contribution in [-0.2, 0) is 20.9 Å². The molecule has 4 aromatic rings. The Morgan fingerprint density at radius 2 is 1.63 bits per heavy atom. The summed E-state index contributed by atoms with van der Waals surface area (Å²) >= 11 is 0. The van der Waals surface area contributed by atoms with Gasteiger partial charge in [0.2, 0.25) is 23.7 Å². The summed E-state index contributed by atoms with van der Waals surface area (Å²) in [6, 6.07) is 16.5. The largest absolute Gasteiger partial charge is 0.348 e. The number of carbonyl (C=O) groups is 5. The van der Waals surface area contributed by atoms with Gasteiger partial charge in [0.15, 0.2) is 5.78 Å². The third-order valence-corrected chi connectivity index (χ3v) is 11.3. The highest BCUT2D eigenvalue weighted by Gasteiger charge is 2.40. The second kappa shape index (κ2) is 18.2. The Kier molecular flexibility index (Phi) is 13.1. The number of nitrogens with zero attached hydrogens (tertiary/aromatic N) is 6. The molecule has 3 N–H and O–H groups in total. The molecule has 0 saturated carbocycles. The summed E-state index contributed by atoms with van der Waals surface area (Å²) in [6.07, 6.45) is 4.38. The van der Waals surface area contributed by atoms with E-state index in [1.54, 1.807) is 47.4 Å². The fourth-order valence-electron chi connectivity index (χ4n) is 7.66. The maximum atomic E-state index is 14.3. The van der Waals surface area contributed by atoms with Crippen LogP contribution in [0.4, 0.5) is 27.9 Å². The standard InChI is InChI=1S/C45H55N9O5/c1-26(2)35(43(58)53-20-12-15-36(53)41(56)50-39(27(3)4)42(57)48-30(7)31-13-10-9-11-14-31)22-38(55)32-18-16-28(5)37(21-32)54-25-33-23-47-44(51-40(33)52(8)45(54)59)49-34-19-17-29(6)46-24-34/h9-11,13-14,16-19,21,23-24,26-27,30,35-36,39H,12,15,20,22,25H2,1-8H3,(H,48,57)(H,50,56)(H,47,49,51)/t30-,35+,36-,39+/m1/s1. The maximum absolute atomic E-state index is 14.3. The fraction of sp³-hybridized carbons (Fsp3) is 0.422. The van der Waals surface area contributed by atoms with Gasteiger partial charge in [-0.15, -0.1) is 0 Å². The summed E-state index contributed by atoms with van der Waals surface area (Å²) in [5.41, 5.74) is 5.02. The van der Waals surface area contributed by atoms with Crippen molar-refractivity contribution in [2.75, 3.05) is 28.7 Å². The van der Waals surface area contributed by atoms with Crippen LogP contribution in [-0.4, -0.2) is 75.1 Å². The molecule has 4 atom stereocenters. The van der Waals surface area contributed by atoms with E-state index in [2.05, 4.69) is 30.9 Å². The normalized spacial score (nSPS) is 16.7. The van der Waals surface area contributed by atoms with Crippen molar-refractivity contribution in [3.8, 4) is 0 Å². The number of anilines is 4. The summed E-state index contributed by atoms with van der Waals surface area (Å²) in [7, 11) is 1.65. The highest BCUT2D eigenvalue weighted by Crippen LogP contribution is 2.34. The van der Waals surface area contributed by atoms with E-state index < -0.39 is 18.0 Å². The van der Waals surface area contributed by atoms with Gasteiger partial charge >= 0.3 is 6.03 Å². The van der Waals surface area contributed by atoms with Crippen molar-refractivity contribution in [1.82, 2.24) is 30.5 Å². The third kappa shape index (κ3) is 9.59. The first-order valence-electron chi connectivity index (χ1n) is 20.3. The molecule has 0 radical (unpaired) electrons. The summed E-state index contributed by atoms with van der Waals surface area (Å²) in [6.45, 7) is 13.8. The number of rotatable bonds is 14. The molecule has 2 aromatic carbocycles. The van der Waals surface area contributed by atoms with Crippen LogP contribution in [0.15, 0.2) is 73.1 Å². The molecular weight excluding hydrogens is 747 g/mol. The van der Waals surface area contributed by atoms with E-state index in [9.17, 15) is 24.0 Å². The number of likely N-dealkylation sites (tertiary alicyclic amines) is 1. The first-order chi connectivity index (χ1) is 28.1. The van der Waals surface area contributed by atoms with Gasteiger partial charge < -0.3 is 20.9 Å². The molecule has 2 aliphatic heterocycles. The van der Waals surface area contributed by atoms with Crippen molar-refractivity contribution in [3.63, 3.8) is 0 Å². The number of aryl methyl sites for hydroxylation is 2. The van der Waals surface area contributed by atoms with Gasteiger partial charge in [0.25, 0.3) is 0 Å². The molecule has 1 fully saturated rings. The van der Waals surface area contributed by atoms with Crippen molar-refractivity contribution < 1.29 is 24.0 Å². The molecule has 14 heteroatoms. The maximum Gasteiger partial charge on any atom is 0.330 e. The third-order valence-electron chi connectivity index (χ3n) is 11.3. The lowest BCUT2D eigenvalue weighted by Crippen LogP contribution is -2.55. The van der Waals surface area contributed by atoms with Crippen LogP contribution in [0, 0.1) is 31.6 Å². The van der Waals surface area contributed by atoms with E-state index in [0.717, 1.165) is 28.1 Å². The van der Waals surface area contributed by atoms with Gasteiger partial charge in [-0.3, -0.25) is 34.0 Å². The predicted octanol–water partition coefficient (Wildman–Crippen LogP) is 6.66. The number of pyridine rings is 1. The summed E-state index contributed by atoms with van der Waals surface area (Å²) in [4.78, 5) is 87.4. The molecule has 1 saturated heterocycles. The number of aromatic nitrogens is 3. The molecule has 2 aliphatic rings. The van der Waals surface area contributed by atoms with Crippen LogP contribution < -0.4 is 25.8 Å². The Hall–Kier alpha value is -6.18. The molecule has 2 aromatic heterocycles. The van der Waals surface area contributed by atoms with Gasteiger partial charge in [-0.05, 0) is 74.8 Å². The number of urea groups is 1. The van der Waals surface area contributed by atoms with E-state index >= 15 is 0 Å². The number of ketones is 1. The van der Waals surface area contributed by atoms with E-state index in [0.29, 0.717) is 42.4 Å². The molecule has 4 heterocycles. The number of carbonyl (C=O) groups excluding carboxylic acids is 5. The number of hydrogen-bond acceptors (Lipinski definition) is 9. The Morgan fingerprint density at radius 1 is 0.881 bits per heavy atom. The highest BCUT2D eigenvalue weighted by molar-refractivity contribution is 6.07. The number of fused-ring (bicyclic) bond motifs is 1. The lowest BCUT2D eigenvalue weighted by atomic mass is 9.87. The van der Waals surface area contributed by atoms with E-state index in [4.69, 9.17) is 0 Å². The number of hydrogen-bond donors (Lipinski definition) is 3. The zero-order valence-corrected chi connectivity index (χ0v) is 35.2. The number of Topliss-reactive ketones (excluding diaryl/α,β-unsaturated/α-hetero) is 1.